The second-order valence-electron chi connectivity index (χ2n) is 5.03. The number of carbonyl (C=O) groups is 1. The summed E-state index contributed by atoms with van der Waals surface area (Å²) < 4.78 is 18.7. The Kier molecular flexibility index (Phi) is 5.29. The highest BCUT2D eigenvalue weighted by Crippen LogP contribution is 2.27. The minimum absolute atomic E-state index is 0.0813. The fraction of sp³-hybridized carbons (Fsp3) is 0.533. The summed E-state index contributed by atoms with van der Waals surface area (Å²) in [5.41, 5.74) is 0.0813. The van der Waals surface area contributed by atoms with Crippen LogP contribution in [-0.4, -0.2) is 30.6 Å². The molecule has 1 saturated carbocycles. The molecule has 1 fully saturated rings. The molecular weight excluding hydrogens is 277 g/mol. The van der Waals surface area contributed by atoms with Gasteiger partial charge in [-0.25, -0.2) is 4.39 Å². The number of hydrogen-bond donors (Lipinski definition) is 1. The predicted molar refractivity (Wildman–Crippen MR) is 80.0 cm³/mol. The molecule has 1 N–H and O–H groups in total. The van der Waals surface area contributed by atoms with Gasteiger partial charge in [-0.05, 0) is 44.1 Å². The highest BCUT2D eigenvalue weighted by molar-refractivity contribution is 7.99. The van der Waals surface area contributed by atoms with E-state index in [1.807, 2.05) is 11.8 Å². The van der Waals surface area contributed by atoms with Gasteiger partial charge in [-0.15, -0.1) is 0 Å². The van der Waals surface area contributed by atoms with Crippen molar-refractivity contribution in [3.05, 3.63) is 29.6 Å². The van der Waals surface area contributed by atoms with Crippen molar-refractivity contribution in [2.24, 2.45) is 0 Å². The van der Waals surface area contributed by atoms with Gasteiger partial charge in [-0.3, -0.25) is 4.79 Å². The van der Waals surface area contributed by atoms with Gasteiger partial charge in [-0.2, -0.15) is 11.8 Å². The number of thioether (sulfide) groups is 1. The van der Waals surface area contributed by atoms with Gasteiger partial charge in [0.25, 0.3) is 5.91 Å². The first-order chi connectivity index (χ1) is 9.63. The molecule has 110 valence electrons. The molecule has 2 rings (SSSR count). The Labute approximate surface area is 123 Å². The molecule has 0 bridgehead atoms. The third kappa shape index (κ3) is 3.66. The van der Waals surface area contributed by atoms with Crippen molar-refractivity contribution in [2.75, 3.05) is 13.4 Å². The highest BCUT2D eigenvalue weighted by Gasteiger charge is 2.23. The topological polar surface area (TPSA) is 38.3 Å². The van der Waals surface area contributed by atoms with Gasteiger partial charge >= 0.3 is 0 Å². The van der Waals surface area contributed by atoms with Crippen LogP contribution in [0, 0.1) is 5.82 Å². The number of nitrogens with one attached hydrogen (secondary N) is 1. The summed E-state index contributed by atoms with van der Waals surface area (Å²) in [5.74, 6) is -0.461. The minimum Gasteiger partial charge on any atom is -0.497 e. The van der Waals surface area contributed by atoms with Crippen LogP contribution in [0.15, 0.2) is 18.2 Å². The molecule has 0 atom stereocenters. The summed E-state index contributed by atoms with van der Waals surface area (Å²) in [7, 11) is 1.47. The number of benzene rings is 1. The first-order valence-electron chi connectivity index (χ1n) is 6.81. The lowest BCUT2D eigenvalue weighted by atomic mass is 9.94. The Bertz CT molecular complexity index is 473. The van der Waals surface area contributed by atoms with Crippen LogP contribution in [0.4, 0.5) is 4.39 Å². The number of amides is 1. The molecule has 0 saturated heterocycles. The average molecular weight is 297 g/mol. The van der Waals surface area contributed by atoms with E-state index in [0.29, 0.717) is 11.0 Å². The maximum atomic E-state index is 13.8. The summed E-state index contributed by atoms with van der Waals surface area (Å²) in [4.78, 5) is 12.1. The van der Waals surface area contributed by atoms with Crippen molar-refractivity contribution in [1.82, 2.24) is 5.32 Å². The predicted octanol–water partition coefficient (Wildman–Crippen LogP) is 3.24. The lowest BCUT2D eigenvalue weighted by Gasteiger charge is -2.28. The van der Waals surface area contributed by atoms with E-state index in [9.17, 15) is 9.18 Å². The molecule has 1 aliphatic rings. The first kappa shape index (κ1) is 15.2. The molecule has 0 unspecified atom stereocenters. The van der Waals surface area contributed by atoms with Crippen molar-refractivity contribution in [3.8, 4) is 5.75 Å². The summed E-state index contributed by atoms with van der Waals surface area (Å²) >= 11 is 1.88. The normalized spacial score (nSPS) is 22.4. The summed E-state index contributed by atoms with van der Waals surface area (Å²) in [6, 6.07) is 4.46. The van der Waals surface area contributed by atoms with Crippen LogP contribution in [0.2, 0.25) is 0 Å². The number of halogens is 1. The van der Waals surface area contributed by atoms with Crippen LogP contribution in [0.5, 0.6) is 5.75 Å². The quantitative estimate of drug-likeness (QED) is 0.927. The summed E-state index contributed by atoms with van der Waals surface area (Å²) in [5, 5.41) is 3.62. The molecular formula is C15H20FNO2S. The van der Waals surface area contributed by atoms with Crippen LogP contribution in [0.3, 0.4) is 0 Å². The lowest BCUT2D eigenvalue weighted by molar-refractivity contribution is 0.0924. The number of rotatable bonds is 4. The fourth-order valence-electron chi connectivity index (χ4n) is 2.51. The monoisotopic (exact) mass is 297 g/mol. The molecule has 0 heterocycles. The van der Waals surface area contributed by atoms with Gasteiger partial charge in [0.2, 0.25) is 0 Å². The van der Waals surface area contributed by atoms with Gasteiger partial charge < -0.3 is 10.1 Å². The van der Waals surface area contributed by atoms with E-state index >= 15 is 0 Å². The van der Waals surface area contributed by atoms with Crippen LogP contribution in [0.25, 0.3) is 0 Å². The Morgan fingerprint density at radius 3 is 2.60 bits per heavy atom. The van der Waals surface area contributed by atoms with Crippen LogP contribution >= 0.6 is 11.8 Å². The zero-order valence-corrected chi connectivity index (χ0v) is 12.6. The Balaban J connectivity index is 1.95. The van der Waals surface area contributed by atoms with E-state index in [0.717, 1.165) is 25.7 Å². The highest BCUT2D eigenvalue weighted by atomic mass is 32.2. The van der Waals surface area contributed by atoms with Gasteiger partial charge in [0.1, 0.15) is 11.6 Å². The molecule has 20 heavy (non-hydrogen) atoms. The maximum Gasteiger partial charge on any atom is 0.254 e. The van der Waals surface area contributed by atoms with Gasteiger partial charge in [-0.1, -0.05) is 0 Å². The van der Waals surface area contributed by atoms with Crippen molar-refractivity contribution < 1.29 is 13.9 Å². The Morgan fingerprint density at radius 1 is 1.35 bits per heavy atom. The molecule has 0 spiro atoms. The van der Waals surface area contributed by atoms with Crippen molar-refractivity contribution in [1.29, 1.82) is 0 Å². The van der Waals surface area contributed by atoms with Crippen molar-refractivity contribution in [2.45, 2.75) is 37.0 Å². The van der Waals surface area contributed by atoms with Crippen molar-refractivity contribution in [3.63, 3.8) is 0 Å². The first-order valence-corrected chi connectivity index (χ1v) is 8.10. The van der Waals surface area contributed by atoms with E-state index in [1.165, 1.54) is 19.2 Å². The van der Waals surface area contributed by atoms with E-state index in [1.54, 1.807) is 6.07 Å². The zero-order valence-electron chi connectivity index (χ0n) is 11.8. The minimum atomic E-state index is -0.542. The second-order valence-corrected chi connectivity index (χ2v) is 6.17. The average Bonchev–Trinajstić information content (AvgIpc) is 2.47. The van der Waals surface area contributed by atoms with E-state index in [4.69, 9.17) is 4.74 Å². The summed E-state index contributed by atoms with van der Waals surface area (Å²) in [6.07, 6.45) is 6.27. The van der Waals surface area contributed by atoms with Crippen LogP contribution in [0.1, 0.15) is 36.0 Å². The standard InChI is InChI=1S/C15H20FNO2S/c1-19-11-5-8-13(14(16)9-11)15(18)17-10-3-6-12(20-2)7-4-10/h5,8-10,12H,3-4,6-7H2,1-2H3,(H,17,18). The van der Waals surface area contributed by atoms with Gasteiger partial charge in [0.15, 0.2) is 0 Å². The molecule has 0 aliphatic heterocycles. The smallest absolute Gasteiger partial charge is 0.254 e. The number of carbonyl (C=O) groups excluding carboxylic acids is 1. The van der Waals surface area contributed by atoms with Gasteiger partial charge in [0.05, 0.1) is 12.7 Å². The van der Waals surface area contributed by atoms with E-state index in [-0.39, 0.29) is 17.5 Å². The largest absolute Gasteiger partial charge is 0.497 e. The molecule has 0 aromatic heterocycles. The number of hydrogen-bond acceptors (Lipinski definition) is 3. The summed E-state index contributed by atoms with van der Waals surface area (Å²) in [6.45, 7) is 0. The molecule has 0 radical (unpaired) electrons. The molecule has 1 aliphatic carbocycles. The molecule has 1 aromatic rings. The SMILES string of the molecule is COc1ccc(C(=O)NC2CCC(SC)CC2)c(F)c1. The third-order valence-corrected chi connectivity index (χ3v) is 4.90. The van der Waals surface area contributed by atoms with Crippen LogP contribution < -0.4 is 10.1 Å². The van der Waals surface area contributed by atoms with Crippen LogP contribution in [-0.2, 0) is 0 Å². The fourth-order valence-corrected chi connectivity index (χ4v) is 3.26. The van der Waals surface area contributed by atoms with Crippen molar-refractivity contribution >= 4 is 17.7 Å². The number of methoxy groups -OCH3 is 1. The Hall–Kier alpha value is -1.23. The van der Waals surface area contributed by atoms with E-state index in [2.05, 4.69) is 11.6 Å². The maximum absolute atomic E-state index is 13.8. The number of ether oxygens (including phenoxy) is 1. The molecule has 1 aromatic carbocycles. The molecule has 5 heteroatoms. The van der Waals surface area contributed by atoms with Gasteiger partial charge in [0, 0.05) is 17.4 Å². The van der Waals surface area contributed by atoms with E-state index < -0.39 is 5.82 Å². The zero-order chi connectivity index (χ0) is 14.5. The third-order valence-electron chi connectivity index (χ3n) is 3.76. The second kappa shape index (κ2) is 6.97. The molecule has 3 nitrogen and oxygen atoms in total. The Morgan fingerprint density at radius 2 is 2.05 bits per heavy atom. The molecule has 1 amide bonds. The lowest BCUT2D eigenvalue weighted by Crippen LogP contribution is -2.38.